The van der Waals surface area contributed by atoms with Crippen LogP contribution in [0.5, 0.6) is 0 Å². The summed E-state index contributed by atoms with van der Waals surface area (Å²) in [6.45, 7) is 3.77. The molecule has 0 aromatic carbocycles. The van der Waals surface area contributed by atoms with E-state index in [1.54, 1.807) is 0 Å². The van der Waals surface area contributed by atoms with Crippen molar-refractivity contribution in [3.63, 3.8) is 0 Å². The van der Waals surface area contributed by atoms with Crippen LogP contribution in [0.2, 0.25) is 0 Å². The average molecular weight is 249 g/mol. The maximum absolute atomic E-state index is 11.7. The fourth-order valence-corrected chi connectivity index (χ4v) is 2.29. The van der Waals surface area contributed by atoms with Crippen LogP contribution in [-0.4, -0.2) is 16.4 Å². The topological polar surface area (TPSA) is 26.3 Å². The van der Waals surface area contributed by atoms with Crippen molar-refractivity contribution in [1.82, 2.24) is 0 Å². The van der Waals surface area contributed by atoms with Gasteiger partial charge in [-0.2, -0.15) is 0 Å². The summed E-state index contributed by atoms with van der Waals surface area (Å²) < 4.78 is 4.83. The summed E-state index contributed by atoms with van der Waals surface area (Å²) in [5, 5.41) is 0. The molecule has 1 aliphatic carbocycles. The number of ether oxygens (including phenoxy) is 1. The van der Waals surface area contributed by atoms with Gasteiger partial charge in [-0.1, -0.05) is 35.2 Å². The minimum Gasteiger partial charge on any atom is -0.462 e. The van der Waals surface area contributed by atoms with E-state index in [0.717, 1.165) is 25.7 Å². The molecule has 0 saturated heterocycles. The second-order valence-electron chi connectivity index (χ2n) is 3.98. The first-order chi connectivity index (χ1) is 6.04. The van der Waals surface area contributed by atoms with Gasteiger partial charge in [0.15, 0.2) is 0 Å². The first kappa shape index (κ1) is 11.0. The van der Waals surface area contributed by atoms with Crippen molar-refractivity contribution in [3.05, 3.63) is 0 Å². The molecular formula is C10H17BrO2. The molecule has 0 bridgehead atoms. The van der Waals surface area contributed by atoms with Crippen LogP contribution in [0, 0.1) is 0 Å². The zero-order valence-electron chi connectivity index (χ0n) is 8.31. The minimum atomic E-state index is -0.379. The molecule has 0 aromatic rings. The Morgan fingerprint density at radius 2 is 1.85 bits per heavy atom. The van der Waals surface area contributed by atoms with Crippen LogP contribution in [0.1, 0.15) is 46.0 Å². The summed E-state index contributed by atoms with van der Waals surface area (Å²) in [5.41, 5.74) is 0. The number of esters is 1. The Labute approximate surface area is 88.2 Å². The van der Waals surface area contributed by atoms with Gasteiger partial charge in [-0.25, -0.2) is 0 Å². The molecule has 1 fully saturated rings. The molecule has 0 aliphatic heterocycles. The molecule has 0 unspecified atom stereocenters. The van der Waals surface area contributed by atoms with E-state index in [9.17, 15) is 4.79 Å². The Balaban J connectivity index is 2.51. The highest BCUT2D eigenvalue weighted by Gasteiger charge is 2.38. The largest absolute Gasteiger partial charge is 0.462 e. The van der Waals surface area contributed by atoms with E-state index in [0.29, 0.717) is 0 Å². The van der Waals surface area contributed by atoms with Gasteiger partial charge in [-0.3, -0.25) is 4.79 Å². The highest BCUT2D eigenvalue weighted by Crippen LogP contribution is 2.37. The number of hydrogen-bond donors (Lipinski definition) is 0. The number of carbonyl (C=O) groups is 1. The van der Waals surface area contributed by atoms with Gasteiger partial charge in [0.25, 0.3) is 0 Å². The minimum absolute atomic E-state index is 0.0103. The van der Waals surface area contributed by atoms with Gasteiger partial charge >= 0.3 is 5.97 Å². The van der Waals surface area contributed by atoms with Gasteiger partial charge < -0.3 is 4.74 Å². The Kier molecular flexibility index (Phi) is 3.77. The second-order valence-corrected chi connectivity index (χ2v) is 5.50. The number of alkyl halides is 1. The van der Waals surface area contributed by atoms with Crippen LogP contribution >= 0.6 is 15.9 Å². The molecule has 0 spiro atoms. The molecule has 2 nitrogen and oxygen atoms in total. The third kappa shape index (κ3) is 2.97. The lowest BCUT2D eigenvalue weighted by molar-refractivity contribution is -0.151. The Bertz CT molecular complexity index is 183. The van der Waals surface area contributed by atoms with E-state index in [1.165, 1.54) is 6.42 Å². The highest BCUT2D eigenvalue weighted by molar-refractivity contribution is 9.10. The predicted octanol–water partition coefficient (Wildman–Crippen LogP) is 3.04. The summed E-state index contributed by atoms with van der Waals surface area (Å²) in [4.78, 5) is 11.7. The molecule has 3 heteroatoms. The molecule has 13 heavy (non-hydrogen) atoms. The van der Waals surface area contributed by atoms with E-state index < -0.39 is 0 Å². The van der Waals surface area contributed by atoms with Crippen molar-refractivity contribution in [2.75, 3.05) is 0 Å². The molecule has 1 aliphatic rings. The van der Waals surface area contributed by atoms with E-state index in [1.807, 2.05) is 13.8 Å². The van der Waals surface area contributed by atoms with E-state index in [4.69, 9.17) is 4.74 Å². The first-order valence-corrected chi connectivity index (χ1v) is 5.74. The molecule has 0 aromatic heterocycles. The fourth-order valence-electron chi connectivity index (χ4n) is 1.64. The van der Waals surface area contributed by atoms with Crippen molar-refractivity contribution in [2.45, 2.75) is 56.4 Å². The lowest BCUT2D eigenvalue weighted by Crippen LogP contribution is -2.37. The third-order valence-corrected chi connectivity index (χ3v) is 3.47. The van der Waals surface area contributed by atoms with Gasteiger partial charge in [-0.05, 0) is 26.7 Å². The smallest absolute Gasteiger partial charge is 0.323 e. The van der Waals surface area contributed by atoms with Gasteiger partial charge in [0.1, 0.15) is 4.32 Å². The molecule has 1 rings (SSSR count). The van der Waals surface area contributed by atoms with E-state index in [-0.39, 0.29) is 16.4 Å². The summed E-state index contributed by atoms with van der Waals surface area (Å²) in [6.07, 6.45) is 5.31. The molecule has 0 radical (unpaired) electrons. The molecule has 0 amide bonds. The molecule has 0 N–H and O–H groups in total. The standard InChI is InChI=1S/C10H17BrO2/c1-8(2)13-9(12)10(11)6-4-3-5-7-10/h8H,3-7H2,1-2H3. The monoisotopic (exact) mass is 248 g/mol. The summed E-state index contributed by atoms with van der Waals surface area (Å²) in [6, 6.07) is 0. The van der Waals surface area contributed by atoms with Crippen LogP contribution in [-0.2, 0) is 9.53 Å². The molecular weight excluding hydrogens is 232 g/mol. The molecule has 0 heterocycles. The second kappa shape index (κ2) is 4.45. The third-order valence-electron chi connectivity index (χ3n) is 2.35. The van der Waals surface area contributed by atoms with Gasteiger partial charge in [-0.15, -0.1) is 0 Å². The van der Waals surface area contributed by atoms with Crippen molar-refractivity contribution in [3.8, 4) is 0 Å². The van der Waals surface area contributed by atoms with Crippen molar-refractivity contribution >= 4 is 21.9 Å². The number of halogens is 1. The summed E-state index contributed by atoms with van der Waals surface area (Å²) >= 11 is 3.52. The van der Waals surface area contributed by atoms with Crippen LogP contribution in [0.15, 0.2) is 0 Å². The number of hydrogen-bond acceptors (Lipinski definition) is 2. The normalized spacial score (nSPS) is 21.5. The molecule has 0 atom stereocenters. The summed E-state index contributed by atoms with van der Waals surface area (Å²) in [5.74, 6) is -0.0813. The first-order valence-electron chi connectivity index (χ1n) is 4.94. The fraction of sp³-hybridized carbons (Fsp3) is 0.900. The van der Waals surface area contributed by atoms with E-state index >= 15 is 0 Å². The maximum Gasteiger partial charge on any atom is 0.323 e. The molecule has 1 saturated carbocycles. The maximum atomic E-state index is 11.7. The van der Waals surface area contributed by atoms with Crippen LogP contribution in [0.3, 0.4) is 0 Å². The van der Waals surface area contributed by atoms with Gasteiger partial charge in [0.05, 0.1) is 6.10 Å². The van der Waals surface area contributed by atoms with Gasteiger partial charge in [0.2, 0.25) is 0 Å². The van der Waals surface area contributed by atoms with Crippen LogP contribution in [0.4, 0.5) is 0 Å². The Morgan fingerprint density at radius 1 is 1.31 bits per heavy atom. The average Bonchev–Trinajstić information content (AvgIpc) is 2.04. The Hall–Kier alpha value is -0.0500. The number of carbonyl (C=O) groups excluding carboxylic acids is 1. The predicted molar refractivity (Wildman–Crippen MR) is 56.0 cm³/mol. The Morgan fingerprint density at radius 3 is 2.31 bits per heavy atom. The van der Waals surface area contributed by atoms with Gasteiger partial charge in [0, 0.05) is 0 Å². The quantitative estimate of drug-likeness (QED) is 0.555. The van der Waals surface area contributed by atoms with Crippen molar-refractivity contribution < 1.29 is 9.53 Å². The zero-order valence-corrected chi connectivity index (χ0v) is 9.89. The molecule has 76 valence electrons. The summed E-state index contributed by atoms with van der Waals surface area (Å²) in [7, 11) is 0. The van der Waals surface area contributed by atoms with Crippen molar-refractivity contribution in [2.24, 2.45) is 0 Å². The zero-order chi connectivity index (χ0) is 9.90. The van der Waals surface area contributed by atoms with Crippen molar-refractivity contribution in [1.29, 1.82) is 0 Å². The van der Waals surface area contributed by atoms with Crippen LogP contribution in [0.25, 0.3) is 0 Å². The van der Waals surface area contributed by atoms with E-state index in [2.05, 4.69) is 15.9 Å². The van der Waals surface area contributed by atoms with Crippen LogP contribution < -0.4 is 0 Å². The lowest BCUT2D eigenvalue weighted by Gasteiger charge is -2.29. The number of rotatable bonds is 2. The highest BCUT2D eigenvalue weighted by atomic mass is 79.9. The SMILES string of the molecule is CC(C)OC(=O)C1(Br)CCCCC1. The lowest BCUT2D eigenvalue weighted by atomic mass is 9.89.